The van der Waals surface area contributed by atoms with E-state index in [0.717, 1.165) is 6.42 Å². The van der Waals surface area contributed by atoms with E-state index < -0.39 is 16.1 Å². The molecule has 4 nitrogen and oxygen atoms in total. The van der Waals surface area contributed by atoms with Crippen LogP contribution in [0, 0.1) is 12.3 Å². The molecular formula is C9H17NO3S. The fourth-order valence-electron chi connectivity index (χ4n) is 0.934. The summed E-state index contributed by atoms with van der Waals surface area (Å²) in [6.07, 6.45) is 6.69. The van der Waals surface area contributed by atoms with E-state index in [2.05, 4.69) is 15.4 Å². The molecule has 1 unspecified atom stereocenters. The lowest BCUT2D eigenvalue weighted by molar-refractivity contribution is 0.217. The van der Waals surface area contributed by atoms with Crippen LogP contribution in [-0.4, -0.2) is 33.9 Å². The molecule has 0 aliphatic carbocycles. The van der Waals surface area contributed by atoms with Crippen molar-refractivity contribution in [2.75, 3.05) is 19.5 Å². The maximum Gasteiger partial charge on any atom is 0.214 e. The normalized spacial score (nSPS) is 13.5. The molecule has 0 aliphatic rings. The standard InChI is InChI=1S/C9H17NO3S/c1-4-6-9(5-2)10-14(11,12)8-7-13-3/h2,9-10H,4,6-8H2,1,3H3. The van der Waals surface area contributed by atoms with E-state index in [1.165, 1.54) is 7.11 Å². The van der Waals surface area contributed by atoms with Crippen LogP contribution < -0.4 is 4.72 Å². The summed E-state index contributed by atoms with van der Waals surface area (Å²) in [7, 11) is -1.84. The van der Waals surface area contributed by atoms with Crippen LogP contribution in [0.15, 0.2) is 0 Å². The number of ether oxygens (including phenoxy) is 1. The molecule has 0 saturated heterocycles. The number of hydrogen-bond acceptors (Lipinski definition) is 3. The zero-order valence-electron chi connectivity index (χ0n) is 8.62. The molecule has 0 spiro atoms. The van der Waals surface area contributed by atoms with Gasteiger partial charge in [-0.05, 0) is 6.42 Å². The van der Waals surface area contributed by atoms with Gasteiger partial charge in [0, 0.05) is 7.11 Å². The molecule has 0 fully saturated rings. The molecule has 0 bridgehead atoms. The first-order valence-electron chi connectivity index (χ1n) is 4.50. The van der Waals surface area contributed by atoms with Crippen LogP contribution in [0.2, 0.25) is 0 Å². The third-order valence-electron chi connectivity index (χ3n) is 1.66. The van der Waals surface area contributed by atoms with Gasteiger partial charge in [-0.15, -0.1) is 6.42 Å². The molecular weight excluding hydrogens is 202 g/mol. The highest BCUT2D eigenvalue weighted by Gasteiger charge is 2.14. The maximum absolute atomic E-state index is 11.3. The van der Waals surface area contributed by atoms with Crippen LogP contribution in [0.1, 0.15) is 19.8 Å². The van der Waals surface area contributed by atoms with E-state index in [0.29, 0.717) is 6.42 Å². The van der Waals surface area contributed by atoms with Crippen LogP contribution in [0.3, 0.4) is 0 Å². The number of nitrogens with one attached hydrogen (secondary N) is 1. The summed E-state index contributed by atoms with van der Waals surface area (Å²) in [6, 6.07) is -0.401. The first-order valence-corrected chi connectivity index (χ1v) is 6.16. The first kappa shape index (κ1) is 13.4. The Morgan fingerprint density at radius 2 is 2.21 bits per heavy atom. The van der Waals surface area contributed by atoms with Crippen molar-refractivity contribution >= 4 is 10.0 Å². The molecule has 1 atom stereocenters. The lowest BCUT2D eigenvalue weighted by atomic mass is 10.2. The van der Waals surface area contributed by atoms with E-state index in [9.17, 15) is 8.42 Å². The summed E-state index contributed by atoms with van der Waals surface area (Å²) in [6.45, 7) is 2.13. The maximum atomic E-state index is 11.3. The Morgan fingerprint density at radius 3 is 2.64 bits per heavy atom. The molecule has 0 radical (unpaired) electrons. The van der Waals surface area contributed by atoms with Crippen molar-refractivity contribution in [1.82, 2.24) is 4.72 Å². The fraction of sp³-hybridized carbons (Fsp3) is 0.778. The number of methoxy groups -OCH3 is 1. The molecule has 0 aromatic carbocycles. The van der Waals surface area contributed by atoms with Gasteiger partial charge in [0.05, 0.1) is 18.4 Å². The Labute approximate surface area is 86.1 Å². The number of rotatable bonds is 7. The number of hydrogen-bond donors (Lipinski definition) is 1. The molecule has 0 heterocycles. The molecule has 1 N–H and O–H groups in total. The van der Waals surface area contributed by atoms with Gasteiger partial charge < -0.3 is 4.74 Å². The zero-order valence-corrected chi connectivity index (χ0v) is 9.43. The molecule has 0 aromatic heterocycles. The largest absolute Gasteiger partial charge is 0.384 e. The average molecular weight is 219 g/mol. The topological polar surface area (TPSA) is 55.4 Å². The Kier molecular flexibility index (Phi) is 6.54. The van der Waals surface area contributed by atoms with Crippen molar-refractivity contribution in [2.45, 2.75) is 25.8 Å². The Hall–Kier alpha value is -0.570. The summed E-state index contributed by atoms with van der Waals surface area (Å²) in [5.74, 6) is 2.35. The van der Waals surface area contributed by atoms with Crippen LogP contribution in [-0.2, 0) is 14.8 Å². The number of terminal acetylenes is 1. The van der Waals surface area contributed by atoms with Crippen molar-refractivity contribution in [3.05, 3.63) is 0 Å². The number of sulfonamides is 1. The van der Waals surface area contributed by atoms with Gasteiger partial charge >= 0.3 is 0 Å². The van der Waals surface area contributed by atoms with Crippen molar-refractivity contribution in [2.24, 2.45) is 0 Å². The average Bonchev–Trinajstić information content (AvgIpc) is 2.14. The zero-order chi connectivity index (χ0) is 11.0. The second-order valence-electron chi connectivity index (χ2n) is 2.94. The van der Waals surface area contributed by atoms with Crippen molar-refractivity contribution < 1.29 is 13.2 Å². The van der Waals surface area contributed by atoms with Crippen LogP contribution >= 0.6 is 0 Å². The monoisotopic (exact) mass is 219 g/mol. The van der Waals surface area contributed by atoms with Gasteiger partial charge in [-0.1, -0.05) is 19.3 Å². The summed E-state index contributed by atoms with van der Waals surface area (Å²) >= 11 is 0. The third kappa shape index (κ3) is 5.97. The quantitative estimate of drug-likeness (QED) is 0.629. The second kappa shape index (κ2) is 6.82. The molecule has 0 aliphatic heterocycles. The van der Waals surface area contributed by atoms with Gasteiger partial charge in [0.2, 0.25) is 10.0 Å². The molecule has 0 amide bonds. The molecule has 0 aromatic rings. The molecule has 0 rings (SSSR count). The van der Waals surface area contributed by atoms with Gasteiger partial charge in [0.1, 0.15) is 0 Å². The SMILES string of the molecule is C#CC(CCC)NS(=O)(=O)CCOC. The summed E-state index contributed by atoms with van der Waals surface area (Å²) < 4.78 is 29.8. The van der Waals surface area contributed by atoms with Gasteiger partial charge in [-0.25, -0.2) is 13.1 Å². The molecule has 14 heavy (non-hydrogen) atoms. The van der Waals surface area contributed by atoms with Crippen LogP contribution in [0.5, 0.6) is 0 Å². The predicted octanol–water partition coefficient (Wildman–Crippen LogP) is 0.354. The van der Waals surface area contributed by atoms with E-state index in [4.69, 9.17) is 6.42 Å². The lowest BCUT2D eigenvalue weighted by Crippen LogP contribution is -2.36. The van der Waals surface area contributed by atoms with Crippen molar-refractivity contribution in [3.63, 3.8) is 0 Å². The summed E-state index contributed by atoms with van der Waals surface area (Å²) in [4.78, 5) is 0. The molecule has 0 saturated carbocycles. The van der Waals surface area contributed by atoms with Gasteiger partial charge in [-0.2, -0.15) is 0 Å². The van der Waals surface area contributed by atoms with Gasteiger partial charge in [0.15, 0.2) is 0 Å². The summed E-state index contributed by atoms with van der Waals surface area (Å²) in [5.41, 5.74) is 0. The van der Waals surface area contributed by atoms with E-state index in [1.54, 1.807) is 0 Å². The van der Waals surface area contributed by atoms with E-state index in [-0.39, 0.29) is 12.4 Å². The van der Waals surface area contributed by atoms with Crippen LogP contribution in [0.4, 0.5) is 0 Å². The van der Waals surface area contributed by atoms with Crippen molar-refractivity contribution in [3.8, 4) is 12.3 Å². The predicted molar refractivity (Wildman–Crippen MR) is 56.3 cm³/mol. The third-order valence-corrected chi connectivity index (χ3v) is 3.00. The Bertz CT molecular complexity index is 279. The van der Waals surface area contributed by atoms with Gasteiger partial charge in [-0.3, -0.25) is 0 Å². The van der Waals surface area contributed by atoms with Crippen LogP contribution in [0.25, 0.3) is 0 Å². The highest BCUT2D eigenvalue weighted by atomic mass is 32.2. The van der Waals surface area contributed by atoms with E-state index >= 15 is 0 Å². The second-order valence-corrected chi connectivity index (χ2v) is 4.81. The minimum atomic E-state index is -3.29. The minimum Gasteiger partial charge on any atom is -0.384 e. The lowest BCUT2D eigenvalue weighted by Gasteiger charge is -2.11. The smallest absolute Gasteiger partial charge is 0.214 e. The Morgan fingerprint density at radius 1 is 1.57 bits per heavy atom. The molecule has 82 valence electrons. The summed E-state index contributed by atoms with van der Waals surface area (Å²) in [5, 5.41) is 0. The highest BCUT2D eigenvalue weighted by molar-refractivity contribution is 7.89. The fourth-order valence-corrected chi connectivity index (χ4v) is 2.06. The van der Waals surface area contributed by atoms with E-state index in [1.807, 2.05) is 6.92 Å². The first-order chi connectivity index (χ1) is 6.55. The highest BCUT2D eigenvalue weighted by Crippen LogP contribution is 1.97. The Balaban J connectivity index is 4.13. The minimum absolute atomic E-state index is 0.0502. The van der Waals surface area contributed by atoms with Crippen molar-refractivity contribution in [1.29, 1.82) is 0 Å². The molecule has 5 heteroatoms. The van der Waals surface area contributed by atoms with Gasteiger partial charge in [0.25, 0.3) is 0 Å².